The van der Waals surface area contributed by atoms with Gasteiger partial charge >= 0.3 is 5.97 Å². The third-order valence-corrected chi connectivity index (χ3v) is 4.27. The first-order chi connectivity index (χ1) is 12.6. The van der Waals surface area contributed by atoms with Gasteiger partial charge < -0.3 is 19.2 Å². The molecule has 0 atom stereocenters. The Bertz CT molecular complexity index is 933. The zero-order valence-electron chi connectivity index (χ0n) is 13.7. The molecule has 0 radical (unpaired) electrons. The molecular formula is C18H14FNO5S. The van der Waals surface area contributed by atoms with Crippen LogP contribution >= 0.6 is 11.3 Å². The van der Waals surface area contributed by atoms with Gasteiger partial charge in [0, 0.05) is 0 Å². The number of para-hydroxylation sites is 1. The van der Waals surface area contributed by atoms with Crippen LogP contribution in [0.2, 0.25) is 0 Å². The number of ether oxygens (including phenoxy) is 2. The number of hydrogen-bond donors (Lipinski definition) is 1. The standard InChI is InChI=1S/C18H14FNO5S/c1-23-18(22)16-13(8-9-26-16)20-17(21)15-7-6-11(25-15)10-24-14-5-3-2-4-12(14)19/h2-9H,10H2,1H3,(H,20,21). The minimum atomic E-state index is -0.534. The van der Waals surface area contributed by atoms with Gasteiger partial charge in [0.25, 0.3) is 5.91 Å². The Morgan fingerprint density at radius 3 is 2.77 bits per heavy atom. The molecule has 1 amide bonds. The molecule has 3 rings (SSSR count). The van der Waals surface area contributed by atoms with E-state index in [1.165, 1.54) is 25.3 Å². The molecule has 0 aliphatic rings. The predicted molar refractivity (Wildman–Crippen MR) is 93.1 cm³/mol. The van der Waals surface area contributed by atoms with Crippen LogP contribution in [0, 0.1) is 5.82 Å². The van der Waals surface area contributed by atoms with E-state index in [2.05, 4.69) is 10.1 Å². The van der Waals surface area contributed by atoms with Crippen molar-refractivity contribution in [3.63, 3.8) is 0 Å². The highest BCUT2D eigenvalue weighted by molar-refractivity contribution is 7.12. The summed E-state index contributed by atoms with van der Waals surface area (Å²) in [6.45, 7) is -0.0277. The predicted octanol–water partition coefficient (Wildman–Crippen LogP) is 4.10. The Morgan fingerprint density at radius 1 is 1.19 bits per heavy atom. The van der Waals surface area contributed by atoms with Crippen molar-refractivity contribution in [1.29, 1.82) is 0 Å². The average molecular weight is 375 g/mol. The Morgan fingerprint density at radius 2 is 2.00 bits per heavy atom. The summed E-state index contributed by atoms with van der Waals surface area (Å²) in [4.78, 5) is 24.2. The van der Waals surface area contributed by atoms with Crippen LogP contribution in [0.15, 0.2) is 52.3 Å². The maximum Gasteiger partial charge on any atom is 0.350 e. The van der Waals surface area contributed by atoms with E-state index in [-0.39, 0.29) is 23.0 Å². The fourth-order valence-electron chi connectivity index (χ4n) is 2.13. The first-order valence-corrected chi connectivity index (χ1v) is 8.39. The molecule has 0 bridgehead atoms. The lowest BCUT2D eigenvalue weighted by molar-refractivity contribution is 0.0607. The number of nitrogens with one attached hydrogen (secondary N) is 1. The molecule has 134 valence electrons. The lowest BCUT2D eigenvalue weighted by atomic mass is 10.3. The van der Waals surface area contributed by atoms with Crippen molar-refractivity contribution in [2.75, 3.05) is 12.4 Å². The minimum Gasteiger partial charge on any atom is -0.483 e. The van der Waals surface area contributed by atoms with Crippen molar-refractivity contribution >= 4 is 28.9 Å². The molecule has 0 aliphatic carbocycles. The van der Waals surface area contributed by atoms with Crippen LogP contribution in [0.4, 0.5) is 10.1 Å². The van der Waals surface area contributed by atoms with E-state index in [0.717, 1.165) is 11.3 Å². The number of rotatable bonds is 6. The molecule has 2 aromatic heterocycles. The van der Waals surface area contributed by atoms with E-state index < -0.39 is 17.7 Å². The summed E-state index contributed by atoms with van der Waals surface area (Å²) in [5.74, 6) is -1.05. The van der Waals surface area contributed by atoms with Crippen molar-refractivity contribution in [3.05, 3.63) is 70.1 Å². The molecule has 0 saturated carbocycles. The van der Waals surface area contributed by atoms with Crippen LogP contribution in [-0.4, -0.2) is 19.0 Å². The third-order valence-electron chi connectivity index (χ3n) is 3.38. The Balaban J connectivity index is 1.64. The highest BCUT2D eigenvalue weighted by Crippen LogP contribution is 2.24. The van der Waals surface area contributed by atoms with Gasteiger partial charge in [-0.2, -0.15) is 0 Å². The summed E-state index contributed by atoms with van der Waals surface area (Å²) in [6, 6.07) is 10.6. The number of carbonyl (C=O) groups excluding carboxylic acids is 2. The smallest absolute Gasteiger partial charge is 0.350 e. The van der Waals surface area contributed by atoms with Gasteiger partial charge in [-0.3, -0.25) is 4.79 Å². The molecule has 0 spiro atoms. The van der Waals surface area contributed by atoms with E-state index >= 15 is 0 Å². The number of furan rings is 1. The Kier molecular flexibility index (Phi) is 5.33. The zero-order chi connectivity index (χ0) is 18.5. The summed E-state index contributed by atoms with van der Waals surface area (Å²) < 4.78 is 28.9. The van der Waals surface area contributed by atoms with Gasteiger partial charge in [0.05, 0.1) is 12.8 Å². The van der Waals surface area contributed by atoms with Crippen molar-refractivity contribution in [2.24, 2.45) is 0 Å². The fourth-order valence-corrected chi connectivity index (χ4v) is 2.90. The molecule has 26 heavy (non-hydrogen) atoms. The molecule has 6 nitrogen and oxygen atoms in total. The third kappa shape index (κ3) is 3.92. The van der Waals surface area contributed by atoms with Crippen molar-refractivity contribution in [1.82, 2.24) is 0 Å². The number of anilines is 1. The monoisotopic (exact) mass is 375 g/mol. The van der Waals surface area contributed by atoms with Gasteiger partial charge in [-0.05, 0) is 35.7 Å². The maximum atomic E-state index is 13.5. The second kappa shape index (κ2) is 7.83. The van der Waals surface area contributed by atoms with E-state index in [1.54, 1.807) is 29.6 Å². The summed E-state index contributed by atoms with van der Waals surface area (Å²) in [5, 5.41) is 4.26. The number of thiophene rings is 1. The molecule has 1 aromatic carbocycles. The molecule has 3 aromatic rings. The number of carbonyl (C=O) groups is 2. The van der Waals surface area contributed by atoms with Crippen molar-refractivity contribution < 1.29 is 27.9 Å². The lowest BCUT2D eigenvalue weighted by Crippen LogP contribution is -2.13. The SMILES string of the molecule is COC(=O)c1sccc1NC(=O)c1ccc(COc2ccccc2F)o1. The van der Waals surface area contributed by atoms with E-state index in [0.29, 0.717) is 11.4 Å². The zero-order valence-corrected chi connectivity index (χ0v) is 14.5. The highest BCUT2D eigenvalue weighted by Gasteiger charge is 2.18. The van der Waals surface area contributed by atoms with Gasteiger partial charge in [-0.1, -0.05) is 12.1 Å². The molecule has 0 aliphatic heterocycles. The summed E-state index contributed by atoms with van der Waals surface area (Å²) in [5.41, 5.74) is 0.340. The van der Waals surface area contributed by atoms with E-state index in [1.807, 2.05) is 0 Å². The molecule has 0 unspecified atom stereocenters. The van der Waals surface area contributed by atoms with Crippen LogP contribution in [0.3, 0.4) is 0 Å². The largest absolute Gasteiger partial charge is 0.483 e. The molecule has 8 heteroatoms. The summed E-state index contributed by atoms with van der Waals surface area (Å²) in [7, 11) is 1.27. The van der Waals surface area contributed by atoms with Crippen LogP contribution in [0.25, 0.3) is 0 Å². The lowest BCUT2D eigenvalue weighted by Gasteiger charge is -2.05. The Hall–Kier alpha value is -3.13. The van der Waals surface area contributed by atoms with Crippen LogP contribution in [0.5, 0.6) is 5.75 Å². The molecule has 0 saturated heterocycles. The summed E-state index contributed by atoms with van der Waals surface area (Å²) in [6.07, 6.45) is 0. The van der Waals surface area contributed by atoms with Gasteiger partial charge in [0.1, 0.15) is 17.2 Å². The molecule has 0 fully saturated rings. The Labute approximate surface area is 152 Å². The number of halogens is 1. The second-order valence-corrected chi connectivity index (χ2v) is 6.01. The normalized spacial score (nSPS) is 10.4. The second-order valence-electron chi connectivity index (χ2n) is 5.09. The van der Waals surface area contributed by atoms with E-state index in [9.17, 15) is 14.0 Å². The van der Waals surface area contributed by atoms with Crippen LogP contribution < -0.4 is 10.1 Å². The minimum absolute atomic E-state index is 0.0277. The highest BCUT2D eigenvalue weighted by atomic mass is 32.1. The average Bonchev–Trinajstić information content (AvgIpc) is 3.30. The van der Waals surface area contributed by atoms with Gasteiger partial charge in [-0.25, -0.2) is 9.18 Å². The topological polar surface area (TPSA) is 77.8 Å². The quantitative estimate of drug-likeness (QED) is 0.657. The summed E-state index contributed by atoms with van der Waals surface area (Å²) >= 11 is 1.16. The van der Waals surface area contributed by atoms with Crippen LogP contribution in [0.1, 0.15) is 26.0 Å². The van der Waals surface area contributed by atoms with Crippen LogP contribution in [-0.2, 0) is 11.3 Å². The van der Waals surface area contributed by atoms with Crippen molar-refractivity contribution in [3.8, 4) is 5.75 Å². The van der Waals surface area contributed by atoms with Gasteiger partial charge in [0.2, 0.25) is 0 Å². The number of methoxy groups -OCH3 is 1. The number of esters is 1. The fraction of sp³-hybridized carbons (Fsp3) is 0.111. The maximum absolute atomic E-state index is 13.5. The first kappa shape index (κ1) is 17.7. The first-order valence-electron chi connectivity index (χ1n) is 7.51. The van der Waals surface area contributed by atoms with E-state index in [4.69, 9.17) is 9.15 Å². The number of benzene rings is 1. The van der Waals surface area contributed by atoms with Gasteiger partial charge in [-0.15, -0.1) is 11.3 Å². The molecule has 1 N–H and O–H groups in total. The molecule has 2 heterocycles. The number of amides is 1. The number of hydrogen-bond acceptors (Lipinski definition) is 6. The molecular weight excluding hydrogens is 361 g/mol. The van der Waals surface area contributed by atoms with Crippen molar-refractivity contribution in [2.45, 2.75) is 6.61 Å². The van der Waals surface area contributed by atoms with Gasteiger partial charge in [0.15, 0.2) is 17.3 Å².